The Kier molecular flexibility index (Phi) is 12.9. The first-order valence-electron chi connectivity index (χ1n) is 16.1. The van der Waals surface area contributed by atoms with Gasteiger partial charge in [-0.3, -0.25) is 0 Å². The summed E-state index contributed by atoms with van der Waals surface area (Å²) >= 11 is 6.40. The Hall–Kier alpha value is -2.75. The highest BCUT2D eigenvalue weighted by Crippen LogP contribution is 2.53. The smallest absolute Gasteiger partial charge is 0.419 e. The second kappa shape index (κ2) is 15.6. The summed E-state index contributed by atoms with van der Waals surface area (Å²) in [6.07, 6.45) is 0.143. The molecule has 10 nitrogen and oxygen atoms in total. The molecule has 1 N–H and O–H groups in total. The van der Waals surface area contributed by atoms with Crippen LogP contribution in [0.25, 0.3) is 11.1 Å². The normalized spacial score (nSPS) is 21.6. The molecule has 2 aromatic rings. The fourth-order valence-corrected chi connectivity index (χ4v) is 8.81. The molecular weight excluding hydrogens is 643 g/mol. The van der Waals surface area contributed by atoms with Crippen LogP contribution in [0.5, 0.6) is 0 Å². The van der Waals surface area contributed by atoms with Gasteiger partial charge in [-0.15, -0.1) is 0 Å². The number of unbranched alkanes of at least 4 members (excludes halogenated alkanes) is 1. The standard InChI is InChI=1S/C35H50ClN2O8P/c1-9-44-38(43)20-21-47(23-27-16-17-28(36)22-29(27)26-14-12-25(2)13-15-26)24-35(38,30(39)40)18-10-11-19-37(31(41)45-33(3,4)5)32(42)46-34(6,7)8/h12-17,22H,9-11,18-21,23-24H2,1-8H3,(H,39,40)/t35-,38?,47?/m1/s1. The quantitative estimate of drug-likeness (QED) is 0.107. The number of benzene rings is 2. The van der Waals surface area contributed by atoms with Crippen LogP contribution in [0.1, 0.15) is 78.9 Å². The monoisotopic (exact) mass is 692 g/mol. The Labute approximate surface area is 285 Å². The second-order valence-corrected chi connectivity index (χ2v) is 17.0. The molecule has 0 saturated carbocycles. The average molecular weight is 693 g/mol. The van der Waals surface area contributed by atoms with Gasteiger partial charge in [0.2, 0.25) is 5.54 Å². The van der Waals surface area contributed by atoms with Crippen LogP contribution in [0, 0.1) is 12.1 Å². The van der Waals surface area contributed by atoms with E-state index in [4.69, 9.17) is 25.9 Å². The first-order chi connectivity index (χ1) is 21.8. The van der Waals surface area contributed by atoms with Crippen molar-refractivity contribution in [2.45, 2.75) is 97.6 Å². The van der Waals surface area contributed by atoms with Crippen LogP contribution in [0.15, 0.2) is 42.5 Å². The molecule has 0 spiro atoms. The van der Waals surface area contributed by atoms with Gasteiger partial charge in [-0.25, -0.2) is 24.1 Å². The highest BCUT2D eigenvalue weighted by atomic mass is 35.5. The lowest BCUT2D eigenvalue weighted by atomic mass is 9.93. The molecule has 3 atom stereocenters. The highest BCUT2D eigenvalue weighted by Gasteiger charge is 2.58. The number of nitrogens with zero attached hydrogens (tertiary/aromatic N) is 2. The SMILES string of the molecule is CCO[N+]1([O-])CCP(Cc2ccc(Cl)cc2-c2ccc(C)cc2)C[C@]1(CCCCN(C(=O)OC(C)(C)C)C(=O)OC(C)(C)C)C(=O)O. The summed E-state index contributed by atoms with van der Waals surface area (Å²) < 4.78 is 10.9. The molecule has 2 amide bonds. The summed E-state index contributed by atoms with van der Waals surface area (Å²) in [6.45, 7) is 13.9. The second-order valence-electron chi connectivity index (χ2n) is 14.1. The molecule has 0 aliphatic carbocycles. The molecule has 0 radical (unpaired) electrons. The molecule has 1 saturated heterocycles. The molecule has 47 heavy (non-hydrogen) atoms. The molecule has 2 unspecified atom stereocenters. The summed E-state index contributed by atoms with van der Waals surface area (Å²) in [7, 11) is -0.923. The number of hydrogen-bond acceptors (Lipinski definition) is 7. The molecule has 2 aromatic carbocycles. The molecule has 260 valence electrons. The number of hydrogen-bond donors (Lipinski definition) is 1. The number of aliphatic carboxylic acids is 1. The Morgan fingerprint density at radius 2 is 1.60 bits per heavy atom. The van der Waals surface area contributed by atoms with Crippen LogP contribution < -0.4 is 0 Å². The number of imide groups is 1. The van der Waals surface area contributed by atoms with Gasteiger partial charge >= 0.3 is 18.2 Å². The fourth-order valence-electron chi connectivity index (χ4n) is 5.65. The number of halogens is 1. The van der Waals surface area contributed by atoms with Crippen molar-refractivity contribution in [3.05, 3.63) is 63.8 Å². The summed E-state index contributed by atoms with van der Waals surface area (Å²) in [5.74, 6) is -1.21. The molecule has 1 heterocycles. The lowest BCUT2D eigenvalue weighted by Crippen LogP contribution is -2.69. The zero-order valence-corrected chi connectivity index (χ0v) is 30.6. The van der Waals surface area contributed by atoms with Crippen LogP contribution in [0.2, 0.25) is 5.02 Å². The van der Waals surface area contributed by atoms with E-state index in [9.17, 15) is 24.7 Å². The van der Waals surface area contributed by atoms with Crippen molar-refractivity contribution in [2.24, 2.45) is 0 Å². The molecule has 0 aromatic heterocycles. The topological polar surface area (TPSA) is 125 Å². The Balaban J connectivity index is 1.85. The van der Waals surface area contributed by atoms with Crippen LogP contribution >= 0.6 is 19.5 Å². The molecule has 0 bridgehead atoms. The van der Waals surface area contributed by atoms with Crippen LogP contribution in [0.3, 0.4) is 0 Å². The van der Waals surface area contributed by atoms with Crippen molar-refractivity contribution >= 4 is 37.7 Å². The number of quaternary nitrogens is 1. The number of rotatable bonds is 11. The van der Waals surface area contributed by atoms with Crippen molar-refractivity contribution in [1.82, 2.24) is 4.90 Å². The maximum absolute atomic E-state index is 14.2. The van der Waals surface area contributed by atoms with Gasteiger partial charge in [0.15, 0.2) is 0 Å². The van der Waals surface area contributed by atoms with Crippen LogP contribution in [-0.4, -0.2) is 81.7 Å². The van der Waals surface area contributed by atoms with E-state index in [1.54, 1.807) is 48.5 Å². The van der Waals surface area contributed by atoms with E-state index >= 15 is 0 Å². The van der Waals surface area contributed by atoms with Gasteiger partial charge in [-0.2, -0.15) is 4.81 Å². The largest absolute Gasteiger partial charge is 0.597 e. The van der Waals surface area contributed by atoms with Crippen LogP contribution in [-0.2, 0) is 25.3 Å². The predicted molar refractivity (Wildman–Crippen MR) is 185 cm³/mol. The van der Waals surface area contributed by atoms with E-state index in [1.165, 1.54) is 0 Å². The van der Waals surface area contributed by atoms with Crippen molar-refractivity contribution < 1.29 is 38.6 Å². The minimum absolute atomic E-state index is 0.00653. The number of aryl methyl sites for hydroxylation is 1. The number of hydroxylamine groups is 4. The number of carboxylic acid groups (broad SMARTS) is 1. The van der Waals surface area contributed by atoms with E-state index in [0.29, 0.717) is 17.3 Å². The van der Waals surface area contributed by atoms with E-state index < -0.39 is 47.6 Å². The van der Waals surface area contributed by atoms with Crippen LogP contribution in [0.4, 0.5) is 9.59 Å². The molecule has 12 heteroatoms. The number of carbonyl (C=O) groups is 3. The number of ether oxygens (including phenoxy) is 2. The van der Waals surface area contributed by atoms with E-state index in [2.05, 4.69) is 0 Å². The van der Waals surface area contributed by atoms with E-state index in [1.807, 2.05) is 49.4 Å². The van der Waals surface area contributed by atoms with Gasteiger partial charge in [0, 0.05) is 30.3 Å². The molecular formula is C35H50ClN2O8P. The third-order valence-electron chi connectivity index (χ3n) is 7.86. The molecule has 3 rings (SSSR count). The number of amides is 2. The Morgan fingerprint density at radius 1 is 1.00 bits per heavy atom. The van der Waals surface area contributed by atoms with Crippen molar-refractivity contribution in [1.29, 1.82) is 0 Å². The predicted octanol–water partition coefficient (Wildman–Crippen LogP) is 8.74. The van der Waals surface area contributed by atoms with E-state index in [0.717, 1.165) is 27.2 Å². The summed E-state index contributed by atoms with van der Waals surface area (Å²) in [5.41, 5.74) is 0.766. The zero-order chi connectivity index (χ0) is 35.2. The zero-order valence-electron chi connectivity index (χ0n) is 28.9. The minimum Gasteiger partial charge on any atom is -0.597 e. The Bertz CT molecular complexity index is 1380. The molecule has 1 aliphatic heterocycles. The average Bonchev–Trinajstić information content (AvgIpc) is 2.94. The fraction of sp³-hybridized carbons (Fsp3) is 0.571. The number of carbonyl (C=O) groups excluding carboxylic acids is 2. The lowest BCUT2D eigenvalue weighted by molar-refractivity contribution is -1.10. The third kappa shape index (κ3) is 10.4. The number of carboxylic acids is 1. The maximum Gasteiger partial charge on any atom is 0.419 e. The van der Waals surface area contributed by atoms with Crippen molar-refractivity contribution in [2.75, 3.05) is 32.0 Å². The maximum atomic E-state index is 14.2. The first kappa shape index (κ1) is 38.7. The van der Waals surface area contributed by atoms with Crippen molar-refractivity contribution in [3.63, 3.8) is 0 Å². The van der Waals surface area contributed by atoms with Gasteiger partial charge in [0.05, 0.1) is 0 Å². The summed E-state index contributed by atoms with van der Waals surface area (Å²) in [5, 5.41) is 25.5. The van der Waals surface area contributed by atoms with Gasteiger partial charge in [0.25, 0.3) is 0 Å². The molecule has 1 aliphatic rings. The van der Waals surface area contributed by atoms with Crippen molar-refractivity contribution in [3.8, 4) is 11.1 Å². The molecule has 1 fully saturated rings. The first-order valence-corrected chi connectivity index (χ1v) is 18.3. The third-order valence-corrected chi connectivity index (χ3v) is 10.7. The van der Waals surface area contributed by atoms with E-state index in [-0.39, 0.29) is 45.1 Å². The van der Waals surface area contributed by atoms with Gasteiger partial charge < -0.3 is 19.8 Å². The summed E-state index contributed by atoms with van der Waals surface area (Å²) in [6, 6.07) is 13.9. The Morgan fingerprint density at radius 3 is 2.13 bits per heavy atom. The lowest BCUT2D eigenvalue weighted by Gasteiger charge is -2.55. The highest BCUT2D eigenvalue weighted by molar-refractivity contribution is 7.57. The minimum atomic E-state index is -1.75. The van der Waals surface area contributed by atoms with Gasteiger partial charge in [-0.05, 0) is 103 Å². The van der Waals surface area contributed by atoms with Gasteiger partial charge in [-0.1, -0.05) is 55.4 Å². The summed E-state index contributed by atoms with van der Waals surface area (Å²) in [4.78, 5) is 44.3. The van der Waals surface area contributed by atoms with Gasteiger partial charge in [0.1, 0.15) is 24.4 Å².